The second kappa shape index (κ2) is 9.79. The van der Waals surface area contributed by atoms with Gasteiger partial charge in [0, 0.05) is 62.6 Å². The lowest BCUT2D eigenvalue weighted by atomic mass is 10.0. The summed E-state index contributed by atoms with van der Waals surface area (Å²) in [4.78, 5) is 29.7. The molecule has 1 aromatic carbocycles. The lowest BCUT2D eigenvalue weighted by Crippen LogP contribution is -2.49. The van der Waals surface area contributed by atoms with E-state index in [4.69, 9.17) is 4.98 Å². The highest BCUT2D eigenvalue weighted by molar-refractivity contribution is 5.85. The molecule has 1 unspecified atom stereocenters. The number of nitrogens with zero attached hydrogens (tertiary/aromatic N) is 6. The summed E-state index contributed by atoms with van der Waals surface area (Å²) in [5.74, 6) is 2.89. The van der Waals surface area contributed by atoms with E-state index in [1.165, 1.54) is 29.5 Å². The van der Waals surface area contributed by atoms with Crippen LogP contribution in [0, 0.1) is 18.8 Å². The van der Waals surface area contributed by atoms with Crippen LogP contribution < -0.4 is 5.32 Å². The van der Waals surface area contributed by atoms with E-state index in [0.717, 1.165) is 73.9 Å². The Labute approximate surface area is 228 Å². The van der Waals surface area contributed by atoms with Gasteiger partial charge in [0.2, 0.25) is 11.9 Å². The zero-order chi connectivity index (χ0) is 26.5. The van der Waals surface area contributed by atoms with E-state index in [1.54, 1.807) is 0 Å². The van der Waals surface area contributed by atoms with Gasteiger partial charge in [-0.1, -0.05) is 0 Å². The number of aryl methyl sites for hydroxylation is 1. The number of carbonyl (C=O) groups is 1. The Morgan fingerprint density at radius 1 is 1.13 bits per heavy atom. The van der Waals surface area contributed by atoms with Gasteiger partial charge in [-0.15, -0.1) is 0 Å². The molecule has 7 rings (SSSR count). The van der Waals surface area contributed by atoms with Gasteiger partial charge in [-0.3, -0.25) is 14.4 Å². The van der Waals surface area contributed by atoms with E-state index < -0.39 is 0 Å². The molecule has 0 spiro atoms. The first-order valence-electron chi connectivity index (χ1n) is 14.3. The van der Waals surface area contributed by atoms with E-state index in [0.29, 0.717) is 17.8 Å². The summed E-state index contributed by atoms with van der Waals surface area (Å²) < 4.78 is 2.07. The average Bonchev–Trinajstić information content (AvgIpc) is 3.87. The monoisotopic (exact) mass is 524 g/mol. The second-order valence-electron chi connectivity index (χ2n) is 11.6. The average molecular weight is 525 g/mol. The molecule has 0 bridgehead atoms. The highest BCUT2D eigenvalue weighted by Crippen LogP contribution is 2.33. The Morgan fingerprint density at radius 2 is 1.95 bits per heavy atom. The molecule has 1 amide bonds. The molecule has 3 fully saturated rings. The number of benzene rings is 1. The fraction of sp³-hybridized carbons (Fsp3) is 0.467. The van der Waals surface area contributed by atoms with Crippen LogP contribution in [0.4, 0.5) is 11.8 Å². The van der Waals surface area contributed by atoms with Crippen molar-refractivity contribution in [1.82, 2.24) is 34.5 Å². The van der Waals surface area contributed by atoms with Crippen molar-refractivity contribution in [3.63, 3.8) is 0 Å². The Balaban J connectivity index is 1.04. The van der Waals surface area contributed by atoms with E-state index in [2.05, 4.69) is 79.2 Å². The summed E-state index contributed by atoms with van der Waals surface area (Å²) in [5.41, 5.74) is 6.60. The van der Waals surface area contributed by atoms with Crippen molar-refractivity contribution in [1.29, 1.82) is 0 Å². The van der Waals surface area contributed by atoms with Crippen LogP contribution in [-0.4, -0.2) is 66.6 Å². The number of H-pyrrole nitrogens is 1. The van der Waals surface area contributed by atoms with Crippen LogP contribution in [0.2, 0.25) is 0 Å². The minimum Gasteiger partial charge on any atom is -0.340 e. The number of rotatable bonds is 8. The van der Waals surface area contributed by atoms with Crippen molar-refractivity contribution in [3.8, 4) is 11.1 Å². The smallest absolute Gasteiger partial charge is 0.225 e. The Kier molecular flexibility index (Phi) is 6.11. The van der Waals surface area contributed by atoms with Crippen LogP contribution in [0.1, 0.15) is 49.8 Å². The zero-order valence-corrected chi connectivity index (χ0v) is 22.7. The molecular formula is C30H36N8O. The lowest BCUT2D eigenvalue weighted by Gasteiger charge is -2.38. The Hall–Kier alpha value is -3.72. The van der Waals surface area contributed by atoms with Gasteiger partial charge in [-0.25, -0.2) is 9.97 Å². The molecule has 9 heteroatoms. The van der Waals surface area contributed by atoms with Crippen LogP contribution >= 0.6 is 0 Å². The zero-order valence-electron chi connectivity index (χ0n) is 22.7. The number of pyridine rings is 1. The van der Waals surface area contributed by atoms with Crippen molar-refractivity contribution in [3.05, 3.63) is 54.0 Å². The fourth-order valence-electron chi connectivity index (χ4n) is 5.72. The maximum Gasteiger partial charge on any atom is 0.225 e. The number of carbonyl (C=O) groups excluding carboxylic acids is 1. The molecule has 0 radical (unpaired) electrons. The van der Waals surface area contributed by atoms with Gasteiger partial charge in [-0.2, -0.15) is 5.10 Å². The third kappa shape index (κ3) is 5.15. The number of imidazole rings is 1. The third-order valence-corrected chi connectivity index (χ3v) is 8.53. The number of piperazine rings is 1. The molecule has 2 saturated carbocycles. The molecule has 4 aromatic rings. The molecule has 3 aliphatic rings. The summed E-state index contributed by atoms with van der Waals surface area (Å²) in [6, 6.07) is 8.72. The molecule has 1 atom stereocenters. The molecular weight excluding hydrogens is 488 g/mol. The predicted molar refractivity (Wildman–Crippen MR) is 152 cm³/mol. The normalized spacial score (nSPS) is 19.0. The van der Waals surface area contributed by atoms with Crippen LogP contribution in [0.15, 0.2) is 42.9 Å². The number of amides is 1. The van der Waals surface area contributed by atoms with Crippen molar-refractivity contribution in [2.75, 3.05) is 31.5 Å². The van der Waals surface area contributed by atoms with E-state index in [9.17, 15) is 4.79 Å². The number of hydrogen-bond acceptors (Lipinski definition) is 6. The molecule has 39 heavy (non-hydrogen) atoms. The van der Waals surface area contributed by atoms with Crippen LogP contribution in [0.3, 0.4) is 0 Å². The van der Waals surface area contributed by atoms with Gasteiger partial charge < -0.3 is 15.2 Å². The first kappa shape index (κ1) is 24.3. The van der Waals surface area contributed by atoms with Gasteiger partial charge >= 0.3 is 0 Å². The van der Waals surface area contributed by atoms with E-state index >= 15 is 0 Å². The number of aromatic amines is 1. The fourth-order valence-corrected chi connectivity index (χ4v) is 5.72. The standard InChI is InChI=1S/C30H36N8O/c1-19-13-26-27(15-25(19)24-16-32-38(18-24)17-21-3-4-21)34-30(33-26)35-28-14-23(7-8-31-28)20(2)36-9-11-37(12-10-36)29(39)22-5-6-22/h7-8,13-16,18,20-22H,3-6,9-12,17H2,1-2H3,(H2,31,33,34,35). The topological polar surface area (TPSA) is 95.0 Å². The second-order valence-corrected chi connectivity index (χ2v) is 11.6. The summed E-state index contributed by atoms with van der Waals surface area (Å²) >= 11 is 0. The van der Waals surface area contributed by atoms with Crippen LogP contribution in [-0.2, 0) is 11.3 Å². The summed E-state index contributed by atoms with van der Waals surface area (Å²) in [6.45, 7) is 8.80. The molecule has 9 nitrogen and oxygen atoms in total. The number of anilines is 2. The minimum atomic E-state index is 0.244. The van der Waals surface area contributed by atoms with Gasteiger partial charge in [-0.05, 0) is 86.4 Å². The van der Waals surface area contributed by atoms with Crippen LogP contribution in [0.5, 0.6) is 0 Å². The first-order valence-corrected chi connectivity index (χ1v) is 14.3. The highest BCUT2D eigenvalue weighted by atomic mass is 16.2. The maximum absolute atomic E-state index is 12.4. The SMILES string of the molecule is Cc1cc2nc(Nc3cc(C(C)N4CCN(C(=O)C5CC5)CC4)ccn3)[nH]c2cc1-c1cnn(CC2CC2)c1. The highest BCUT2D eigenvalue weighted by Gasteiger charge is 2.35. The minimum absolute atomic E-state index is 0.244. The molecule has 3 aromatic heterocycles. The lowest BCUT2D eigenvalue weighted by molar-refractivity contribution is -0.134. The third-order valence-electron chi connectivity index (χ3n) is 8.53. The van der Waals surface area contributed by atoms with Gasteiger partial charge in [0.25, 0.3) is 0 Å². The molecule has 2 N–H and O–H groups in total. The van der Waals surface area contributed by atoms with Crippen molar-refractivity contribution in [2.45, 2.75) is 52.1 Å². The number of nitrogens with one attached hydrogen (secondary N) is 2. The Morgan fingerprint density at radius 3 is 2.72 bits per heavy atom. The molecule has 2 aliphatic carbocycles. The quantitative estimate of drug-likeness (QED) is 0.341. The van der Waals surface area contributed by atoms with Gasteiger partial charge in [0.1, 0.15) is 5.82 Å². The largest absolute Gasteiger partial charge is 0.340 e. The van der Waals surface area contributed by atoms with E-state index in [1.807, 2.05) is 12.4 Å². The number of fused-ring (bicyclic) bond motifs is 1. The molecule has 4 heterocycles. The predicted octanol–water partition coefficient (Wildman–Crippen LogP) is 4.90. The van der Waals surface area contributed by atoms with Crippen molar-refractivity contribution >= 4 is 28.7 Å². The summed E-state index contributed by atoms with van der Waals surface area (Å²) in [5, 5.41) is 7.96. The molecule has 1 saturated heterocycles. The van der Waals surface area contributed by atoms with E-state index in [-0.39, 0.29) is 6.04 Å². The summed E-state index contributed by atoms with van der Waals surface area (Å²) in [7, 11) is 0. The maximum atomic E-state index is 12.4. The van der Waals surface area contributed by atoms with Crippen LogP contribution in [0.25, 0.3) is 22.2 Å². The first-order chi connectivity index (χ1) is 19.0. The molecule has 202 valence electrons. The Bertz CT molecular complexity index is 1510. The molecule has 1 aliphatic heterocycles. The van der Waals surface area contributed by atoms with Gasteiger partial charge in [0.15, 0.2) is 0 Å². The number of hydrogen-bond donors (Lipinski definition) is 2. The summed E-state index contributed by atoms with van der Waals surface area (Å²) in [6.07, 6.45) is 10.8. The number of aromatic nitrogens is 5. The van der Waals surface area contributed by atoms with Crippen molar-refractivity contribution in [2.24, 2.45) is 11.8 Å². The van der Waals surface area contributed by atoms with Gasteiger partial charge in [0.05, 0.1) is 17.2 Å². The van der Waals surface area contributed by atoms with Crippen molar-refractivity contribution < 1.29 is 4.79 Å².